The summed E-state index contributed by atoms with van der Waals surface area (Å²) in [5, 5.41) is 9.53. The third-order valence-corrected chi connectivity index (χ3v) is 6.69. The second-order valence-electron chi connectivity index (χ2n) is 7.20. The maximum Gasteiger partial charge on any atom is 0.469 e. The first-order valence-corrected chi connectivity index (χ1v) is 12.8. The fourth-order valence-electron chi connectivity index (χ4n) is 2.82. The number of aromatic nitrogens is 2. The molecule has 0 unspecified atom stereocenters. The highest BCUT2D eigenvalue weighted by molar-refractivity contribution is 8.07. The van der Waals surface area contributed by atoms with Gasteiger partial charge in [0, 0.05) is 34.3 Å². The third-order valence-electron chi connectivity index (χ3n) is 4.62. The van der Waals surface area contributed by atoms with Crippen molar-refractivity contribution in [2.75, 3.05) is 12.3 Å². The van der Waals surface area contributed by atoms with Crippen LogP contribution in [0.5, 0.6) is 0 Å². The van der Waals surface area contributed by atoms with Crippen molar-refractivity contribution in [3.63, 3.8) is 0 Å². The fraction of sp³-hybridized carbons (Fsp3) is 0.238. The maximum absolute atomic E-state index is 14.4. The van der Waals surface area contributed by atoms with Crippen molar-refractivity contribution in [2.45, 2.75) is 26.8 Å². The third kappa shape index (κ3) is 8.70. The predicted octanol–water partition coefficient (Wildman–Crippen LogP) is 3.71. The van der Waals surface area contributed by atoms with Crippen LogP contribution in [-0.4, -0.2) is 48.7 Å². The van der Waals surface area contributed by atoms with Gasteiger partial charge in [-0.05, 0) is 26.0 Å². The van der Waals surface area contributed by atoms with Crippen molar-refractivity contribution in [1.29, 1.82) is 0 Å². The average molecular weight is 561 g/mol. The molecule has 36 heavy (non-hydrogen) atoms. The van der Waals surface area contributed by atoms with Crippen LogP contribution in [0.25, 0.3) is 6.08 Å². The van der Waals surface area contributed by atoms with E-state index < -0.39 is 26.2 Å². The van der Waals surface area contributed by atoms with Crippen LogP contribution < -0.4 is 5.73 Å². The van der Waals surface area contributed by atoms with E-state index in [0.29, 0.717) is 29.6 Å². The number of aliphatic carboxylic acids is 1. The second kappa shape index (κ2) is 12.9. The first-order valence-electron chi connectivity index (χ1n) is 10.1. The smallest absolute Gasteiger partial charge is 0.469 e. The topological polar surface area (TPSA) is 176 Å². The van der Waals surface area contributed by atoms with Gasteiger partial charge in [0.1, 0.15) is 17.5 Å². The lowest BCUT2D eigenvalue weighted by molar-refractivity contribution is -0.131. The van der Waals surface area contributed by atoms with Gasteiger partial charge in [-0.25, -0.2) is 23.7 Å². The minimum absolute atomic E-state index is 0.0695. The Morgan fingerprint density at radius 1 is 1.39 bits per heavy atom. The molecule has 1 amide bonds. The molecule has 2 aromatic rings. The summed E-state index contributed by atoms with van der Waals surface area (Å²) < 4.78 is 30.0. The van der Waals surface area contributed by atoms with Gasteiger partial charge >= 0.3 is 13.8 Å². The number of nitrogen functional groups attached to an aromatic ring is 1. The number of nitrogens with zero attached hydrogens (tertiary/aromatic N) is 3. The van der Waals surface area contributed by atoms with Crippen molar-refractivity contribution in [3.05, 3.63) is 67.7 Å². The van der Waals surface area contributed by atoms with E-state index in [1.807, 2.05) is 0 Å². The average Bonchev–Trinajstić information content (AvgIpc) is 2.78. The lowest BCUT2D eigenvalue weighted by Crippen LogP contribution is -2.22. The summed E-state index contributed by atoms with van der Waals surface area (Å²) in [6, 6.07) is 4.08. The molecule has 15 heteroatoms. The number of anilines is 1. The van der Waals surface area contributed by atoms with E-state index in [0.717, 1.165) is 6.08 Å². The summed E-state index contributed by atoms with van der Waals surface area (Å²) in [5.41, 5.74) is 6.47. The molecule has 5 N–H and O–H groups in total. The van der Waals surface area contributed by atoms with Crippen LogP contribution in [0, 0.1) is 12.7 Å². The largest absolute Gasteiger partial charge is 0.477 e. The monoisotopic (exact) mass is 560 g/mol. The molecule has 1 aromatic heterocycles. The highest BCUT2D eigenvalue weighted by Crippen LogP contribution is 2.39. The van der Waals surface area contributed by atoms with Crippen molar-refractivity contribution >= 4 is 55.5 Å². The number of hydrogen-bond acceptors (Lipinski definition) is 8. The number of carboxylic acid groups (broad SMARTS) is 1. The van der Waals surface area contributed by atoms with Crippen LogP contribution in [0.3, 0.4) is 0 Å². The number of phosphoric ester groups is 1. The number of benzene rings is 1. The molecule has 2 rings (SSSR count). The van der Waals surface area contributed by atoms with E-state index in [1.54, 1.807) is 6.92 Å². The van der Waals surface area contributed by atoms with Gasteiger partial charge < -0.3 is 25.5 Å². The molecular weight excluding hydrogens is 538 g/mol. The number of rotatable bonds is 12. The Kier molecular flexibility index (Phi) is 10.6. The van der Waals surface area contributed by atoms with Crippen molar-refractivity contribution in [1.82, 2.24) is 14.9 Å². The molecule has 194 valence electrons. The Morgan fingerprint density at radius 2 is 2.08 bits per heavy atom. The van der Waals surface area contributed by atoms with E-state index in [4.69, 9.17) is 27.1 Å². The molecule has 0 aliphatic rings. The summed E-state index contributed by atoms with van der Waals surface area (Å²) in [7, 11) is -4.81. The molecule has 11 nitrogen and oxygen atoms in total. The summed E-state index contributed by atoms with van der Waals surface area (Å²) >= 11 is 6.44. The number of aryl methyl sites for hydroxylation is 1. The summed E-state index contributed by atoms with van der Waals surface area (Å²) in [4.78, 5) is 51.0. The highest BCUT2D eigenvalue weighted by atomic mass is 35.5. The lowest BCUT2D eigenvalue weighted by atomic mass is 10.2. The summed E-state index contributed by atoms with van der Waals surface area (Å²) in [6.07, 6.45) is 2.78. The van der Waals surface area contributed by atoms with Crippen LogP contribution in [-0.2, 0) is 25.2 Å². The number of carbonyl (C=O) groups is 2. The Labute approximate surface area is 215 Å². The molecule has 1 heterocycles. The Hall–Kier alpha value is -2.80. The molecule has 1 aromatic carbocycles. The minimum Gasteiger partial charge on any atom is -0.477 e. The van der Waals surface area contributed by atoms with Gasteiger partial charge in [0.15, 0.2) is 0 Å². The molecule has 0 saturated heterocycles. The zero-order chi connectivity index (χ0) is 27.0. The van der Waals surface area contributed by atoms with Crippen LogP contribution in [0.15, 0.2) is 39.9 Å². The Morgan fingerprint density at radius 3 is 2.67 bits per heavy atom. The lowest BCUT2D eigenvalue weighted by Gasteiger charge is -2.22. The van der Waals surface area contributed by atoms with Crippen LogP contribution in [0.2, 0.25) is 5.02 Å². The SMILES string of the molecule is C/C(=C(\CCOP(=O)(O)O)S/C(=C/c1cccc(Cl)c1F)C(=O)O)N(C=O)Cc1cnc(C)nc1N. The van der Waals surface area contributed by atoms with Crippen molar-refractivity contribution in [3.8, 4) is 0 Å². The Balaban J connectivity index is 2.49. The van der Waals surface area contributed by atoms with Gasteiger partial charge in [0.2, 0.25) is 6.41 Å². The van der Waals surface area contributed by atoms with Gasteiger partial charge in [-0.15, -0.1) is 0 Å². The number of hydrogen-bond donors (Lipinski definition) is 4. The maximum atomic E-state index is 14.4. The number of carbonyl (C=O) groups excluding carboxylic acids is 1. The van der Waals surface area contributed by atoms with Crippen LogP contribution in [0.4, 0.5) is 10.2 Å². The number of allylic oxidation sites excluding steroid dienone is 1. The molecule has 0 saturated carbocycles. The minimum atomic E-state index is -4.81. The van der Waals surface area contributed by atoms with Gasteiger partial charge in [-0.2, -0.15) is 0 Å². The van der Waals surface area contributed by atoms with Crippen LogP contribution in [0.1, 0.15) is 30.3 Å². The molecule has 0 radical (unpaired) electrons. The Bertz CT molecular complexity index is 1250. The van der Waals surface area contributed by atoms with Gasteiger partial charge in [-0.1, -0.05) is 35.5 Å². The quantitative estimate of drug-likeness (QED) is 0.169. The summed E-state index contributed by atoms with van der Waals surface area (Å²) in [6.45, 7) is 2.57. The number of halogens is 2. The number of carboxylic acids is 1. The zero-order valence-corrected chi connectivity index (χ0v) is 21.6. The number of phosphoric acid groups is 1. The van der Waals surface area contributed by atoms with E-state index in [-0.39, 0.29) is 44.9 Å². The van der Waals surface area contributed by atoms with Gasteiger partial charge in [0.05, 0.1) is 23.1 Å². The van der Waals surface area contributed by atoms with Crippen molar-refractivity contribution < 1.29 is 38.0 Å². The first-order chi connectivity index (χ1) is 16.8. The molecule has 0 fully saturated rings. The zero-order valence-electron chi connectivity index (χ0n) is 19.1. The number of thioether (sulfide) groups is 1. The molecule has 0 aliphatic carbocycles. The first kappa shape index (κ1) is 29.4. The molecule has 0 atom stereocenters. The normalized spacial score (nSPS) is 12.8. The molecule has 0 spiro atoms. The number of nitrogens with two attached hydrogens (primary N) is 1. The molecular formula is C21H23ClFN4O7PS. The highest BCUT2D eigenvalue weighted by Gasteiger charge is 2.21. The van der Waals surface area contributed by atoms with E-state index in [2.05, 4.69) is 14.5 Å². The fourth-order valence-corrected chi connectivity index (χ4v) is 4.32. The predicted molar refractivity (Wildman–Crippen MR) is 133 cm³/mol. The van der Waals surface area contributed by atoms with Gasteiger partial charge in [-0.3, -0.25) is 9.32 Å². The van der Waals surface area contributed by atoms with Gasteiger partial charge in [0.25, 0.3) is 0 Å². The summed E-state index contributed by atoms with van der Waals surface area (Å²) in [5.74, 6) is -1.66. The standard InChI is InChI=1S/C21H23ClFN4O7PS/c1-12(27(11-28)10-15-9-25-13(2)26-20(15)24)17(6-7-34-35(31,32)33)36-18(21(29)30)8-14-4-3-5-16(22)19(14)23/h3-5,8-9,11H,6-7,10H2,1-2H3,(H,29,30)(H2,24,25,26)(H2,31,32,33)/b17-12-,18-8+. The second-order valence-corrected chi connectivity index (χ2v) is 9.99. The molecule has 0 aliphatic heterocycles. The van der Waals surface area contributed by atoms with E-state index >= 15 is 0 Å². The molecule has 0 bridgehead atoms. The number of amides is 1. The van der Waals surface area contributed by atoms with E-state index in [1.165, 1.54) is 36.2 Å². The van der Waals surface area contributed by atoms with E-state index in [9.17, 15) is 23.7 Å². The van der Waals surface area contributed by atoms with Crippen molar-refractivity contribution in [2.24, 2.45) is 0 Å². The van der Waals surface area contributed by atoms with Crippen LogP contribution >= 0.6 is 31.2 Å².